The van der Waals surface area contributed by atoms with Crippen molar-refractivity contribution in [2.45, 2.75) is 89.2 Å². The first-order valence-electron chi connectivity index (χ1n) is 10.9. The zero-order valence-corrected chi connectivity index (χ0v) is 18.7. The van der Waals surface area contributed by atoms with Crippen molar-refractivity contribution in [3.8, 4) is 0 Å². The second-order valence-electron chi connectivity index (χ2n) is 9.95. The number of rotatable bonds is 6. The molecule has 2 saturated carbocycles. The summed E-state index contributed by atoms with van der Waals surface area (Å²) in [5.41, 5.74) is 3.68. The molecule has 2 aliphatic carbocycles. The van der Waals surface area contributed by atoms with Gasteiger partial charge in [0.15, 0.2) is 0 Å². The van der Waals surface area contributed by atoms with Gasteiger partial charge in [-0.05, 0) is 58.3 Å². The van der Waals surface area contributed by atoms with Crippen LogP contribution in [0.3, 0.4) is 0 Å². The van der Waals surface area contributed by atoms with Gasteiger partial charge in [-0.2, -0.15) is 10.6 Å². The van der Waals surface area contributed by atoms with Gasteiger partial charge in [0.1, 0.15) is 6.10 Å². The Kier molecular flexibility index (Phi) is 5.55. The van der Waals surface area contributed by atoms with Gasteiger partial charge in [-0.15, -0.1) is 0 Å². The van der Waals surface area contributed by atoms with Crippen molar-refractivity contribution in [2.75, 3.05) is 6.54 Å². The fourth-order valence-corrected chi connectivity index (χ4v) is 6.86. The van der Waals surface area contributed by atoms with Gasteiger partial charge >= 0.3 is 0 Å². The van der Waals surface area contributed by atoms with Crippen molar-refractivity contribution in [2.24, 2.45) is 22.9 Å². The van der Waals surface area contributed by atoms with E-state index < -0.39 is 15.3 Å². The lowest BCUT2D eigenvalue weighted by Gasteiger charge is -2.42. The highest BCUT2D eigenvalue weighted by Crippen LogP contribution is 2.41. The number of nitrogens with one attached hydrogen (secondary N) is 2. The minimum absolute atomic E-state index is 0.0447. The zero-order chi connectivity index (χ0) is 21.0. The van der Waals surface area contributed by atoms with E-state index in [1.807, 2.05) is 13.8 Å². The molecule has 0 aromatic carbocycles. The van der Waals surface area contributed by atoms with Gasteiger partial charge in [-0.1, -0.05) is 13.8 Å². The van der Waals surface area contributed by atoms with Crippen molar-refractivity contribution in [3.63, 3.8) is 0 Å². The summed E-state index contributed by atoms with van der Waals surface area (Å²) in [6.45, 7) is 8.59. The monoisotopic (exact) mass is 426 g/mol. The molecule has 1 saturated heterocycles. The minimum atomic E-state index is -3.43. The predicted molar refractivity (Wildman–Crippen MR) is 110 cm³/mol. The SMILES string of the molecule is CC1CC(CN2N=C(C(C)C)C3CCC(S(=O)(=O)NC4(C)CC4)CC3C2=O)ON1. The van der Waals surface area contributed by atoms with E-state index in [2.05, 4.69) is 24.0 Å². The molecule has 2 aliphatic heterocycles. The molecule has 0 aromatic heterocycles. The molecule has 5 unspecified atom stereocenters. The smallest absolute Gasteiger partial charge is 0.246 e. The third-order valence-corrected chi connectivity index (χ3v) is 8.92. The van der Waals surface area contributed by atoms with Crippen LogP contribution < -0.4 is 10.2 Å². The number of hydrazone groups is 1. The van der Waals surface area contributed by atoms with Crippen LogP contribution in [-0.2, 0) is 19.7 Å². The van der Waals surface area contributed by atoms with Crippen molar-refractivity contribution >= 4 is 21.6 Å². The fraction of sp³-hybridized carbons (Fsp3) is 0.900. The Morgan fingerprint density at radius 2 is 2.00 bits per heavy atom. The Labute approximate surface area is 173 Å². The maximum atomic E-state index is 13.3. The lowest BCUT2D eigenvalue weighted by Crippen LogP contribution is -2.53. The van der Waals surface area contributed by atoms with Crippen LogP contribution >= 0.6 is 0 Å². The molecule has 5 atom stereocenters. The minimum Gasteiger partial charge on any atom is -0.296 e. The van der Waals surface area contributed by atoms with Gasteiger partial charge in [-0.25, -0.2) is 18.1 Å². The summed E-state index contributed by atoms with van der Waals surface area (Å²) in [4.78, 5) is 18.9. The van der Waals surface area contributed by atoms with Crippen LogP contribution in [0.5, 0.6) is 0 Å². The van der Waals surface area contributed by atoms with E-state index in [1.165, 1.54) is 0 Å². The third-order valence-electron chi connectivity index (χ3n) is 6.84. The molecule has 9 heteroatoms. The van der Waals surface area contributed by atoms with Gasteiger partial charge in [-0.3, -0.25) is 9.63 Å². The van der Waals surface area contributed by atoms with Crippen LogP contribution in [0.1, 0.15) is 66.2 Å². The zero-order valence-electron chi connectivity index (χ0n) is 17.8. The number of carbonyl (C=O) groups is 1. The molecule has 2 N–H and O–H groups in total. The summed E-state index contributed by atoms with van der Waals surface area (Å²) >= 11 is 0. The number of hydrogen-bond donors (Lipinski definition) is 2. The van der Waals surface area contributed by atoms with E-state index in [0.29, 0.717) is 25.8 Å². The molecule has 8 nitrogen and oxygen atoms in total. The number of hydroxylamine groups is 1. The summed E-state index contributed by atoms with van der Waals surface area (Å²) < 4.78 is 28.8. The number of carbonyl (C=O) groups excluding carboxylic acids is 1. The molecule has 3 fully saturated rings. The molecular weight excluding hydrogens is 392 g/mol. The van der Waals surface area contributed by atoms with Crippen molar-refractivity contribution in [1.29, 1.82) is 0 Å². The molecule has 29 heavy (non-hydrogen) atoms. The molecule has 0 bridgehead atoms. The van der Waals surface area contributed by atoms with Crippen LogP contribution in [0, 0.1) is 17.8 Å². The van der Waals surface area contributed by atoms with E-state index in [0.717, 1.165) is 25.0 Å². The van der Waals surface area contributed by atoms with Crippen molar-refractivity contribution in [1.82, 2.24) is 15.2 Å². The number of hydrogen-bond acceptors (Lipinski definition) is 6. The maximum Gasteiger partial charge on any atom is 0.246 e. The number of fused-ring (bicyclic) bond motifs is 1. The van der Waals surface area contributed by atoms with E-state index >= 15 is 0 Å². The fourth-order valence-electron chi connectivity index (χ4n) is 4.89. The highest BCUT2D eigenvalue weighted by atomic mass is 32.2. The Bertz CT molecular complexity index is 792. The van der Waals surface area contributed by atoms with Crippen molar-refractivity contribution in [3.05, 3.63) is 0 Å². The topological polar surface area (TPSA) is 100 Å². The predicted octanol–water partition coefficient (Wildman–Crippen LogP) is 1.78. The Morgan fingerprint density at radius 3 is 2.59 bits per heavy atom. The molecule has 164 valence electrons. The van der Waals surface area contributed by atoms with Gasteiger partial charge < -0.3 is 0 Å². The van der Waals surface area contributed by atoms with Crippen LogP contribution in [0.25, 0.3) is 0 Å². The molecule has 0 spiro atoms. The molecule has 4 aliphatic rings. The third kappa shape index (κ3) is 4.38. The standard InChI is InChI=1S/C20H34N4O4S/c1-12(2)18-16-6-5-15(29(26,27)23-20(4)7-8-20)10-17(16)19(25)24(21-18)11-14-9-13(3)22-28-14/h12-17,22-23H,5-11H2,1-4H3. The molecule has 1 amide bonds. The van der Waals surface area contributed by atoms with Crippen LogP contribution in [0.4, 0.5) is 0 Å². The summed E-state index contributed by atoms with van der Waals surface area (Å²) in [5.74, 6) is -0.112. The lowest BCUT2D eigenvalue weighted by atomic mass is 9.72. The number of nitrogens with zero attached hydrogens (tertiary/aromatic N) is 2. The molecule has 2 heterocycles. The van der Waals surface area contributed by atoms with Crippen LogP contribution in [0.15, 0.2) is 5.10 Å². The Balaban J connectivity index is 1.52. The summed E-state index contributed by atoms with van der Waals surface area (Å²) in [7, 11) is -3.43. The molecule has 0 radical (unpaired) electrons. The Hall–Kier alpha value is -1.03. The average Bonchev–Trinajstić information content (AvgIpc) is 3.21. The van der Waals surface area contributed by atoms with Gasteiger partial charge in [0.25, 0.3) is 0 Å². The quantitative estimate of drug-likeness (QED) is 0.674. The molecular formula is C20H34N4O4S. The average molecular weight is 427 g/mol. The van der Waals surface area contributed by atoms with Gasteiger partial charge in [0.05, 0.1) is 11.8 Å². The normalized spacial score (nSPS) is 36.9. The largest absolute Gasteiger partial charge is 0.296 e. The highest BCUT2D eigenvalue weighted by Gasteiger charge is 2.49. The summed E-state index contributed by atoms with van der Waals surface area (Å²) in [5, 5.41) is 5.76. The molecule has 0 aromatic rings. The first kappa shape index (κ1) is 21.2. The van der Waals surface area contributed by atoms with E-state index in [-0.39, 0.29) is 41.3 Å². The van der Waals surface area contributed by atoms with Crippen LogP contribution in [-0.4, -0.2) is 54.5 Å². The summed E-state index contributed by atoms with van der Waals surface area (Å²) in [6, 6.07) is 0.250. The first-order chi connectivity index (χ1) is 13.6. The van der Waals surface area contributed by atoms with E-state index in [9.17, 15) is 13.2 Å². The number of sulfonamides is 1. The van der Waals surface area contributed by atoms with Crippen molar-refractivity contribution < 1.29 is 18.0 Å². The second kappa shape index (κ2) is 7.59. The molecule has 4 rings (SSSR count). The van der Waals surface area contributed by atoms with E-state index in [4.69, 9.17) is 9.94 Å². The second-order valence-corrected chi connectivity index (χ2v) is 11.9. The Morgan fingerprint density at radius 1 is 1.28 bits per heavy atom. The first-order valence-corrected chi connectivity index (χ1v) is 12.5. The van der Waals surface area contributed by atoms with Gasteiger partial charge in [0.2, 0.25) is 15.9 Å². The maximum absolute atomic E-state index is 13.3. The van der Waals surface area contributed by atoms with Crippen LogP contribution in [0.2, 0.25) is 0 Å². The summed E-state index contributed by atoms with van der Waals surface area (Å²) in [6.07, 6.45) is 4.15. The van der Waals surface area contributed by atoms with E-state index in [1.54, 1.807) is 5.01 Å². The number of amides is 1. The lowest BCUT2D eigenvalue weighted by molar-refractivity contribution is -0.141. The van der Waals surface area contributed by atoms with Gasteiger partial charge in [0, 0.05) is 29.1 Å². The highest BCUT2D eigenvalue weighted by molar-refractivity contribution is 7.90.